The normalized spacial score (nSPS) is 19.4. The molecule has 1 rings (SSSR count). The van der Waals surface area contributed by atoms with E-state index in [1.54, 1.807) is 0 Å². The van der Waals surface area contributed by atoms with Crippen LogP contribution in [-0.4, -0.2) is 87.3 Å². The molecule has 1 aliphatic rings. The van der Waals surface area contributed by atoms with Crippen LogP contribution in [0.3, 0.4) is 0 Å². The number of aliphatic imine (C=N–C) groups is 1. The number of guanidine groups is 1. The second-order valence-electron chi connectivity index (χ2n) is 6.06. The van der Waals surface area contributed by atoms with Crippen molar-refractivity contribution in [2.45, 2.75) is 32.8 Å². The van der Waals surface area contributed by atoms with Crippen molar-refractivity contribution in [1.82, 2.24) is 15.5 Å². The summed E-state index contributed by atoms with van der Waals surface area (Å²) in [5, 5.41) is 17.0. The lowest BCUT2D eigenvalue weighted by molar-refractivity contribution is -0.0180. The Labute approximate surface area is 140 Å². The number of hydrogen-bond donors (Lipinski definition) is 3. The van der Waals surface area contributed by atoms with Crippen LogP contribution in [0.1, 0.15) is 27.2 Å². The van der Waals surface area contributed by atoms with Gasteiger partial charge in [0.1, 0.15) is 0 Å². The predicted molar refractivity (Wildman–Crippen MR) is 93.0 cm³/mol. The predicted octanol–water partition coefficient (Wildman–Crippen LogP) is 0.0513. The minimum absolute atomic E-state index is 0.366. The summed E-state index contributed by atoms with van der Waals surface area (Å²) >= 11 is 0. The van der Waals surface area contributed by atoms with Gasteiger partial charge in [-0.2, -0.15) is 0 Å². The van der Waals surface area contributed by atoms with Crippen LogP contribution >= 0.6 is 0 Å². The van der Waals surface area contributed by atoms with Gasteiger partial charge in [0.05, 0.1) is 25.4 Å². The van der Waals surface area contributed by atoms with Crippen LogP contribution in [0.4, 0.5) is 0 Å². The Morgan fingerprint density at radius 2 is 2.04 bits per heavy atom. The molecule has 0 aromatic rings. The molecule has 7 nitrogen and oxygen atoms in total. The fourth-order valence-electron chi connectivity index (χ4n) is 2.41. The molecular weight excluding hydrogens is 296 g/mol. The highest BCUT2D eigenvalue weighted by Crippen LogP contribution is 2.09. The fourth-order valence-corrected chi connectivity index (χ4v) is 2.41. The summed E-state index contributed by atoms with van der Waals surface area (Å²) in [7, 11) is 0. The number of ether oxygens (including phenoxy) is 2. The van der Waals surface area contributed by atoms with E-state index in [4.69, 9.17) is 9.47 Å². The van der Waals surface area contributed by atoms with E-state index in [2.05, 4.69) is 20.5 Å². The van der Waals surface area contributed by atoms with Crippen molar-refractivity contribution in [3.05, 3.63) is 0 Å². The molecule has 0 aromatic carbocycles. The highest BCUT2D eigenvalue weighted by molar-refractivity contribution is 5.79. The number of morpholine rings is 1. The Kier molecular flexibility index (Phi) is 10.2. The van der Waals surface area contributed by atoms with Gasteiger partial charge < -0.3 is 25.2 Å². The SMILES string of the molecule is CCNC(=NCC(C)(O)CN1CCOCC1)NCCCOCC. The fraction of sp³-hybridized carbons (Fsp3) is 0.938. The minimum Gasteiger partial charge on any atom is -0.387 e. The smallest absolute Gasteiger partial charge is 0.191 e. The van der Waals surface area contributed by atoms with Crippen LogP contribution in [0.2, 0.25) is 0 Å². The van der Waals surface area contributed by atoms with Crippen LogP contribution in [-0.2, 0) is 9.47 Å². The second-order valence-corrected chi connectivity index (χ2v) is 6.06. The van der Waals surface area contributed by atoms with E-state index in [-0.39, 0.29) is 0 Å². The first-order chi connectivity index (χ1) is 11.1. The van der Waals surface area contributed by atoms with Gasteiger partial charge in [0, 0.05) is 45.9 Å². The highest BCUT2D eigenvalue weighted by atomic mass is 16.5. The zero-order valence-electron chi connectivity index (χ0n) is 14.9. The van der Waals surface area contributed by atoms with Crippen molar-refractivity contribution in [2.75, 3.05) is 65.7 Å². The molecule has 1 atom stereocenters. The Bertz CT molecular complexity index is 331. The van der Waals surface area contributed by atoms with Gasteiger partial charge in [0.15, 0.2) is 5.96 Å². The zero-order chi connectivity index (χ0) is 17.0. The molecule has 0 aromatic heterocycles. The number of rotatable bonds is 10. The van der Waals surface area contributed by atoms with Gasteiger partial charge in [-0.05, 0) is 27.2 Å². The molecule has 0 radical (unpaired) electrons. The third-order valence-electron chi connectivity index (χ3n) is 3.55. The minimum atomic E-state index is -0.842. The maximum Gasteiger partial charge on any atom is 0.191 e. The van der Waals surface area contributed by atoms with Gasteiger partial charge in [0.25, 0.3) is 0 Å². The van der Waals surface area contributed by atoms with E-state index in [1.165, 1.54) is 0 Å². The van der Waals surface area contributed by atoms with E-state index >= 15 is 0 Å². The number of β-amino-alcohol motifs (C(OH)–C–C–N with tert-alkyl or cyclic N) is 1. The van der Waals surface area contributed by atoms with Crippen LogP contribution in [0.5, 0.6) is 0 Å². The van der Waals surface area contributed by atoms with E-state index in [9.17, 15) is 5.11 Å². The van der Waals surface area contributed by atoms with Crippen LogP contribution in [0.25, 0.3) is 0 Å². The van der Waals surface area contributed by atoms with E-state index < -0.39 is 5.60 Å². The quantitative estimate of drug-likeness (QED) is 0.298. The Hall–Kier alpha value is -0.890. The average Bonchev–Trinajstić information content (AvgIpc) is 2.53. The standard InChI is InChI=1S/C16H34N4O3/c1-4-17-15(18-7-6-10-22-5-2)19-13-16(3,21)14-20-8-11-23-12-9-20/h21H,4-14H2,1-3H3,(H2,17,18,19). The summed E-state index contributed by atoms with van der Waals surface area (Å²) < 4.78 is 10.7. The lowest BCUT2D eigenvalue weighted by Gasteiger charge is -2.33. The Morgan fingerprint density at radius 3 is 2.70 bits per heavy atom. The molecule has 0 aliphatic carbocycles. The topological polar surface area (TPSA) is 78.4 Å². The van der Waals surface area contributed by atoms with Gasteiger partial charge in [0.2, 0.25) is 0 Å². The molecule has 136 valence electrons. The lowest BCUT2D eigenvalue weighted by atomic mass is 10.1. The van der Waals surface area contributed by atoms with Crippen molar-refractivity contribution in [3.63, 3.8) is 0 Å². The molecular formula is C16H34N4O3. The number of nitrogens with zero attached hydrogens (tertiary/aromatic N) is 2. The largest absolute Gasteiger partial charge is 0.387 e. The summed E-state index contributed by atoms with van der Waals surface area (Å²) in [4.78, 5) is 6.74. The lowest BCUT2D eigenvalue weighted by Crippen LogP contribution is -2.48. The van der Waals surface area contributed by atoms with E-state index in [0.717, 1.165) is 65.0 Å². The molecule has 7 heteroatoms. The second kappa shape index (κ2) is 11.6. The van der Waals surface area contributed by atoms with Crippen molar-refractivity contribution in [3.8, 4) is 0 Å². The van der Waals surface area contributed by atoms with E-state index in [1.807, 2.05) is 20.8 Å². The summed E-state index contributed by atoms with van der Waals surface area (Å²) in [6.45, 7) is 13.2. The molecule has 1 heterocycles. The monoisotopic (exact) mass is 330 g/mol. The van der Waals surface area contributed by atoms with Gasteiger partial charge in [-0.25, -0.2) is 0 Å². The summed E-state index contributed by atoms with van der Waals surface area (Å²) in [5.74, 6) is 0.742. The maximum absolute atomic E-state index is 10.6. The summed E-state index contributed by atoms with van der Waals surface area (Å²) in [6, 6.07) is 0. The third kappa shape index (κ3) is 9.76. The van der Waals surface area contributed by atoms with Crippen LogP contribution in [0.15, 0.2) is 4.99 Å². The van der Waals surface area contributed by atoms with E-state index in [0.29, 0.717) is 13.1 Å². The van der Waals surface area contributed by atoms with Gasteiger partial charge in [-0.1, -0.05) is 0 Å². The number of aliphatic hydroxyl groups is 1. The van der Waals surface area contributed by atoms with Crippen molar-refractivity contribution in [1.29, 1.82) is 0 Å². The number of hydrogen-bond acceptors (Lipinski definition) is 5. The van der Waals surface area contributed by atoms with Gasteiger partial charge in [-0.3, -0.25) is 9.89 Å². The highest BCUT2D eigenvalue weighted by Gasteiger charge is 2.25. The van der Waals surface area contributed by atoms with Crippen molar-refractivity contribution < 1.29 is 14.6 Å². The molecule has 1 fully saturated rings. The molecule has 0 amide bonds. The Morgan fingerprint density at radius 1 is 1.30 bits per heavy atom. The van der Waals surface area contributed by atoms with Crippen LogP contribution in [0, 0.1) is 0 Å². The summed E-state index contributed by atoms with van der Waals surface area (Å²) in [6.07, 6.45) is 0.933. The molecule has 1 saturated heterocycles. The molecule has 0 saturated carbocycles. The van der Waals surface area contributed by atoms with Crippen LogP contribution < -0.4 is 10.6 Å². The van der Waals surface area contributed by atoms with Crippen molar-refractivity contribution >= 4 is 5.96 Å². The molecule has 0 spiro atoms. The van der Waals surface area contributed by atoms with Gasteiger partial charge in [-0.15, -0.1) is 0 Å². The van der Waals surface area contributed by atoms with Gasteiger partial charge >= 0.3 is 0 Å². The maximum atomic E-state index is 10.6. The zero-order valence-corrected chi connectivity index (χ0v) is 14.9. The first-order valence-corrected chi connectivity index (χ1v) is 8.70. The molecule has 1 unspecified atom stereocenters. The average molecular weight is 330 g/mol. The van der Waals surface area contributed by atoms with Crippen molar-refractivity contribution in [2.24, 2.45) is 4.99 Å². The Balaban J connectivity index is 2.37. The summed E-state index contributed by atoms with van der Waals surface area (Å²) in [5.41, 5.74) is -0.842. The molecule has 3 N–H and O–H groups in total. The first-order valence-electron chi connectivity index (χ1n) is 8.70. The molecule has 0 bridgehead atoms. The third-order valence-corrected chi connectivity index (χ3v) is 3.55. The molecule has 1 aliphatic heterocycles. The number of nitrogens with one attached hydrogen (secondary N) is 2. The first kappa shape index (κ1) is 20.2. The molecule has 23 heavy (non-hydrogen) atoms.